The van der Waals surface area contributed by atoms with Crippen LogP contribution < -0.4 is 4.74 Å². The lowest BCUT2D eigenvalue weighted by Gasteiger charge is -2.32. The lowest BCUT2D eigenvalue weighted by atomic mass is 10.1. The van der Waals surface area contributed by atoms with Gasteiger partial charge in [0.05, 0.1) is 42.6 Å². The van der Waals surface area contributed by atoms with Crippen LogP contribution in [0.3, 0.4) is 0 Å². The van der Waals surface area contributed by atoms with Crippen LogP contribution in [0.2, 0.25) is 5.02 Å². The number of aromatic nitrogens is 5. The summed E-state index contributed by atoms with van der Waals surface area (Å²) in [5, 5.41) is 0.666. The Kier molecular flexibility index (Phi) is 7.56. The second-order valence-corrected chi connectivity index (χ2v) is 11.0. The number of nitrogens with zero attached hydrogens (tertiary/aromatic N) is 6. The van der Waals surface area contributed by atoms with E-state index in [9.17, 15) is 4.39 Å². The quantitative estimate of drug-likeness (QED) is 0.257. The minimum absolute atomic E-state index is 0.0165. The van der Waals surface area contributed by atoms with Gasteiger partial charge in [0.25, 0.3) is 5.88 Å². The molecular formula is C27H27BrClFN6O2. The SMILES string of the molecule is Fc1cnc(Cc2ccc(Cl)cc2)nc1OC1CCN(Cc2nc3cc(Br)ncc3n2C[C@@H]2CCO2)CC1. The summed E-state index contributed by atoms with van der Waals surface area (Å²) in [4.78, 5) is 20.2. The smallest absolute Gasteiger partial charge is 0.254 e. The number of pyridine rings is 1. The molecule has 8 nitrogen and oxygen atoms in total. The largest absolute Gasteiger partial charge is 0.472 e. The van der Waals surface area contributed by atoms with Crippen molar-refractivity contribution in [2.24, 2.45) is 0 Å². The Morgan fingerprint density at radius 2 is 1.87 bits per heavy atom. The molecule has 2 saturated heterocycles. The lowest BCUT2D eigenvalue weighted by molar-refractivity contribution is -0.0592. The van der Waals surface area contributed by atoms with Gasteiger partial charge in [0.1, 0.15) is 22.4 Å². The van der Waals surface area contributed by atoms with Gasteiger partial charge in [0, 0.05) is 31.1 Å². The number of imidazole rings is 1. The Bertz CT molecular complexity index is 1420. The number of likely N-dealkylation sites (tertiary alicyclic amines) is 1. The molecule has 1 atom stereocenters. The molecule has 0 aliphatic carbocycles. The highest BCUT2D eigenvalue weighted by Gasteiger charge is 2.26. The van der Waals surface area contributed by atoms with Gasteiger partial charge in [-0.3, -0.25) is 4.90 Å². The van der Waals surface area contributed by atoms with E-state index in [0.717, 1.165) is 79.1 Å². The first-order valence-electron chi connectivity index (χ1n) is 12.8. The third-order valence-corrected chi connectivity index (χ3v) is 7.76. The summed E-state index contributed by atoms with van der Waals surface area (Å²) >= 11 is 9.42. The van der Waals surface area contributed by atoms with Crippen molar-refractivity contribution in [3.8, 4) is 5.88 Å². The van der Waals surface area contributed by atoms with Crippen LogP contribution in [0.1, 0.15) is 36.5 Å². The van der Waals surface area contributed by atoms with Gasteiger partial charge in [0.2, 0.25) is 5.82 Å². The molecule has 1 aromatic carbocycles. The van der Waals surface area contributed by atoms with Crippen molar-refractivity contribution in [3.63, 3.8) is 0 Å². The molecule has 11 heteroatoms. The highest BCUT2D eigenvalue weighted by Crippen LogP contribution is 2.25. The molecule has 0 radical (unpaired) electrons. The molecule has 0 bridgehead atoms. The second-order valence-electron chi connectivity index (χ2n) is 9.75. The summed E-state index contributed by atoms with van der Waals surface area (Å²) in [5.41, 5.74) is 2.94. The molecule has 2 fully saturated rings. The van der Waals surface area contributed by atoms with Crippen LogP contribution in [0.5, 0.6) is 5.88 Å². The third-order valence-electron chi connectivity index (χ3n) is 7.08. The van der Waals surface area contributed by atoms with Crippen molar-refractivity contribution in [1.29, 1.82) is 0 Å². The van der Waals surface area contributed by atoms with Crippen molar-refractivity contribution >= 4 is 38.6 Å². The van der Waals surface area contributed by atoms with Crippen LogP contribution in [-0.2, 0) is 24.2 Å². The highest BCUT2D eigenvalue weighted by atomic mass is 79.9. The molecule has 0 unspecified atom stereocenters. The van der Waals surface area contributed by atoms with Gasteiger partial charge in [-0.2, -0.15) is 9.37 Å². The summed E-state index contributed by atoms with van der Waals surface area (Å²) in [6.07, 6.45) is 6.25. The maximum absolute atomic E-state index is 14.5. The molecule has 198 valence electrons. The van der Waals surface area contributed by atoms with Crippen LogP contribution >= 0.6 is 27.5 Å². The zero-order valence-corrected chi connectivity index (χ0v) is 23.0. The predicted molar refractivity (Wildman–Crippen MR) is 145 cm³/mol. The predicted octanol–water partition coefficient (Wildman–Crippen LogP) is 5.20. The van der Waals surface area contributed by atoms with E-state index in [1.165, 1.54) is 6.20 Å². The Labute approximate surface area is 233 Å². The Hall–Kier alpha value is -2.66. The first kappa shape index (κ1) is 25.6. The van der Waals surface area contributed by atoms with Gasteiger partial charge >= 0.3 is 0 Å². The second kappa shape index (κ2) is 11.2. The molecule has 3 aromatic heterocycles. The van der Waals surface area contributed by atoms with E-state index < -0.39 is 5.82 Å². The molecule has 0 amide bonds. The molecule has 0 spiro atoms. The Morgan fingerprint density at radius 1 is 1.08 bits per heavy atom. The summed E-state index contributed by atoms with van der Waals surface area (Å²) < 4.78 is 29.2. The van der Waals surface area contributed by atoms with Crippen LogP contribution in [0.25, 0.3) is 11.0 Å². The van der Waals surface area contributed by atoms with Crippen LogP contribution in [0.15, 0.2) is 47.3 Å². The number of fused-ring (bicyclic) bond motifs is 1. The zero-order valence-electron chi connectivity index (χ0n) is 20.7. The van der Waals surface area contributed by atoms with Crippen molar-refractivity contribution in [1.82, 2.24) is 29.4 Å². The number of hydrogen-bond donors (Lipinski definition) is 0. The summed E-state index contributed by atoms with van der Waals surface area (Å²) in [5.74, 6) is 0.988. The molecule has 6 rings (SSSR count). The van der Waals surface area contributed by atoms with E-state index in [0.29, 0.717) is 17.3 Å². The number of hydrogen-bond acceptors (Lipinski definition) is 7. The molecule has 4 aromatic rings. The number of rotatable bonds is 8. The first-order chi connectivity index (χ1) is 18.5. The topological polar surface area (TPSA) is 78.2 Å². The zero-order chi connectivity index (χ0) is 26.1. The van der Waals surface area contributed by atoms with Crippen molar-refractivity contribution in [3.05, 3.63) is 75.4 Å². The van der Waals surface area contributed by atoms with Crippen molar-refractivity contribution < 1.29 is 13.9 Å². The first-order valence-corrected chi connectivity index (χ1v) is 13.9. The van der Waals surface area contributed by atoms with Gasteiger partial charge in [-0.1, -0.05) is 23.7 Å². The molecule has 0 N–H and O–H groups in total. The van der Waals surface area contributed by atoms with Gasteiger partial charge in [-0.05, 0) is 59.0 Å². The molecular weight excluding hydrogens is 575 g/mol. The average molecular weight is 602 g/mol. The third kappa shape index (κ3) is 5.83. The van der Waals surface area contributed by atoms with Crippen LogP contribution in [0.4, 0.5) is 4.39 Å². The number of benzene rings is 1. The maximum atomic E-state index is 14.5. The van der Waals surface area contributed by atoms with Crippen LogP contribution in [0, 0.1) is 5.82 Å². The van der Waals surface area contributed by atoms with E-state index in [1.807, 2.05) is 36.5 Å². The monoisotopic (exact) mass is 600 g/mol. The fraction of sp³-hybridized carbons (Fsp3) is 0.407. The van der Waals surface area contributed by atoms with Gasteiger partial charge in [-0.25, -0.2) is 15.0 Å². The minimum atomic E-state index is -0.543. The lowest BCUT2D eigenvalue weighted by Crippen LogP contribution is -2.39. The number of piperidine rings is 1. The van der Waals surface area contributed by atoms with Crippen LogP contribution in [-0.4, -0.2) is 61.3 Å². The number of halogens is 3. The normalized spacial score (nSPS) is 18.6. The molecule has 2 aliphatic rings. The summed E-state index contributed by atoms with van der Waals surface area (Å²) in [6.45, 7) is 3.96. The van der Waals surface area contributed by atoms with Crippen molar-refractivity contribution in [2.75, 3.05) is 19.7 Å². The standard InChI is InChI=1S/C27H27BrClFN6O2/c28-24-12-22-23(14-31-24)36(15-20-7-10-37-20)26(33-22)16-35-8-5-19(6-9-35)38-27-21(30)13-32-25(34-27)11-17-1-3-18(29)4-2-17/h1-4,12-14,19-20H,5-11,15-16H2/t20-/m0/s1. The highest BCUT2D eigenvalue weighted by molar-refractivity contribution is 9.10. The van der Waals surface area contributed by atoms with E-state index in [2.05, 4.69) is 40.3 Å². The molecule has 2 aliphatic heterocycles. The van der Waals surface area contributed by atoms with E-state index in [-0.39, 0.29) is 18.1 Å². The van der Waals surface area contributed by atoms with E-state index in [4.69, 9.17) is 26.1 Å². The van der Waals surface area contributed by atoms with Gasteiger partial charge in [-0.15, -0.1) is 0 Å². The minimum Gasteiger partial charge on any atom is -0.472 e. The van der Waals surface area contributed by atoms with E-state index in [1.54, 1.807) is 0 Å². The van der Waals surface area contributed by atoms with Gasteiger partial charge < -0.3 is 14.0 Å². The van der Waals surface area contributed by atoms with Gasteiger partial charge in [0.15, 0.2) is 0 Å². The fourth-order valence-corrected chi connectivity index (χ4v) is 5.33. The fourth-order valence-electron chi connectivity index (χ4n) is 4.89. The summed E-state index contributed by atoms with van der Waals surface area (Å²) in [6, 6.07) is 9.41. The maximum Gasteiger partial charge on any atom is 0.254 e. The average Bonchev–Trinajstić information content (AvgIpc) is 3.21. The Morgan fingerprint density at radius 3 is 2.61 bits per heavy atom. The number of ether oxygens (including phenoxy) is 2. The Balaban J connectivity index is 1.09. The molecule has 0 saturated carbocycles. The molecule has 38 heavy (non-hydrogen) atoms. The summed E-state index contributed by atoms with van der Waals surface area (Å²) in [7, 11) is 0. The molecule has 5 heterocycles. The van der Waals surface area contributed by atoms with E-state index >= 15 is 0 Å². The van der Waals surface area contributed by atoms with Crippen molar-refractivity contribution in [2.45, 2.75) is 51.0 Å².